The molecule has 1 aliphatic heterocycles. The highest BCUT2D eigenvalue weighted by molar-refractivity contribution is 9.12. The molecule has 1 aromatic heterocycles. The summed E-state index contributed by atoms with van der Waals surface area (Å²) in [5.41, 5.74) is 1.84. The lowest BCUT2D eigenvalue weighted by Gasteiger charge is -2.39. The van der Waals surface area contributed by atoms with Crippen LogP contribution in [-0.2, 0) is 16.1 Å². The van der Waals surface area contributed by atoms with Gasteiger partial charge in [0.15, 0.2) is 11.6 Å². The lowest BCUT2D eigenvalue weighted by molar-refractivity contribution is -0.115. The summed E-state index contributed by atoms with van der Waals surface area (Å²) in [6.07, 6.45) is 3.18. The fraction of sp³-hybridized carbons (Fsp3) is 0.185. The quantitative estimate of drug-likeness (QED) is 0.393. The van der Waals surface area contributed by atoms with E-state index in [9.17, 15) is 24.3 Å². The van der Waals surface area contributed by atoms with Crippen LogP contribution in [0.1, 0.15) is 29.5 Å². The van der Waals surface area contributed by atoms with Crippen molar-refractivity contribution < 1.29 is 14.7 Å². The van der Waals surface area contributed by atoms with Gasteiger partial charge in [-0.05, 0) is 46.1 Å². The van der Waals surface area contributed by atoms with E-state index in [1.165, 1.54) is 15.4 Å². The Morgan fingerprint density at radius 3 is 2.47 bits per heavy atom. The summed E-state index contributed by atoms with van der Waals surface area (Å²) in [4.78, 5) is 53.4. The summed E-state index contributed by atoms with van der Waals surface area (Å²) in [6.45, 7) is 1.88. The first kappa shape index (κ1) is 22.5. The number of phenols is 1. The van der Waals surface area contributed by atoms with Crippen LogP contribution in [0.15, 0.2) is 91.5 Å². The molecule has 2 heterocycles. The van der Waals surface area contributed by atoms with E-state index in [1.54, 1.807) is 55.5 Å². The molecule has 1 N–H and O–H groups in total. The van der Waals surface area contributed by atoms with Crippen LogP contribution in [0.3, 0.4) is 0 Å². The summed E-state index contributed by atoms with van der Waals surface area (Å²) >= 11 is 3.20. The van der Waals surface area contributed by atoms with E-state index in [2.05, 4.69) is 15.9 Å². The van der Waals surface area contributed by atoms with Crippen LogP contribution in [0.5, 0.6) is 5.75 Å². The Bertz CT molecular complexity index is 1700. The Balaban J connectivity index is 1.62. The van der Waals surface area contributed by atoms with Gasteiger partial charge in [0, 0.05) is 35.1 Å². The van der Waals surface area contributed by atoms with Crippen molar-refractivity contribution >= 4 is 27.5 Å². The van der Waals surface area contributed by atoms with Crippen LogP contribution < -0.4 is 11.4 Å². The summed E-state index contributed by atoms with van der Waals surface area (Å²) in [7, 11) is 0. The number of fused-ring (bicyclic) bond motifs is 3. The molecule has 0 radical (unpaired) electrons. The Morgan fingerprint density at radius 1 is 0.972 bits per heavy atom. The molecule has 3 aromatic rings. The Hall–Kier alpha value is -3.98. The molecule has 0 amide bonds. The van der Waals surface area contributed by atoms with Gasteiger partial charge in [-0.25, -0.2) is 23.5 Å². The molecule has 0 saturated carbocycles. The topological polar surface area (TPSA) is 103 Å². The van der Waals surface area contributed by atoms with Crippen molar-refractivity contribution in [3.8, 4) is 11.4 Å². The molecule has 0 saturated heterocycles. The molecule has 0 unspecified atom stereocenters. The van der Waals surface area contributed by atoms with Crippen LogP contribution in [-0.4, -0.2) is 30.6 Å². The maximum absolute atomic E-state index is 13.7. The molecule has 6 rings (SSSR count). The van der Waals surface area contributed by atoms with Gasteiger partial charge in [0.05, 0.1) is 22.8 Å². The number of Topliss-reactive ketones (excluding diaryl/α,β-unsaturated/α-hetero) is 1. The van der Waals surface area contributed by atoms with E-state index >= 15 is 0 Å². The second-order valence-electron chi connectivity index (χ2n) is 9.11. The van der Waals surface area contributed by atoms with Crippen molar-refractivity contribution in [3.63, 3.8) is 0 Å². The number of rotatable bonds is 2. The van der Waals surface area contributed by atoms with Gasteiger partial charge in [-0.2, -0.15) is 0 Å². The molecule has 0 fully saturated rings. The van der Waals surface area contributed by atoms with Crippen LogP contribution in [0, 0.1) is 6.92 Å². The van der Waals surface area contributed by atoms with E-state index in [-0.39, 0.29) is 40.3 Å². The normalized spacial score (nSPS) is 20.9. The number of aromatic nitrogens is 3. The van der Waals surface area contributed by atoms with Crippen LogP contribution in [0.4, 0.5) is 0 Å². The van der Waals surface area contributed by atoms with Crippen molar-refractivity contribution in [1.82, 2.24) is 13.9 Å². The van der Waals surface area contributed by atoms with Gasteiger partial charge in [-0.15, -0.1) is 0 Å². The Labute approximate surface area is 213 Å². The maximum Gasteiger partial charge on any atom is 0.352 e. The van der Waals surface area contributed by atoms with Crippen LogP contribution in [0.2, 0.25) is 0 Å². The zero-order valence-electron chi connectivity index (χ0n) is 19.1. The third-order valence-electron chi connectivity index (χ3n) is 7.19. The average Bonchev–Trinajstić information content (AvgIpc) is 3.13. The van der Waals surface area contributed by atoms with Crippen molar-refractivity contribution in [2.24, 2.45) is 0 Å². The standard InChI is InChI=1S/C27H20BrN3O5/c1-14-6-5-9-17(24(14)33)22-16-10-11-29-26(35)30(15-7-3-2-4-8-15)27(36)31(29)20(16)12-18-23(22)21(32)13-19(28)25(18)34/h2-10,13,20,22,33H,11-12H2,1H3/t20-,22-/m1/s1. The lowest BCUT2D eigenvalue weighted by Crippen LogP contribution is -2.40. The second kappa shape index (κ2) is 8.03. The molecule has 2 aliphatic carbocycles. The van der Waals surface area contributed by atoms with E-state index in [1.807, 2.05) is 6.08 Å². The Kier molecular flexibility index (Phi) is 5.01. The van der Waals surface area contributed by atoms with E-state index in [0.29, 0.717) is 28.0 Å². The molecule has 180 valence electrons. The number of ketones is 2. The minimum absolute atomic E-state index is 0.0296. The minimum Gasteiger partial charge on any atom is -0.507 e. The van der Waals surface area contributed by atoms with Gasteiger partial charge in [-0.1, -0.05) is 42.5 Å². The van der Waals surface area contributed by atoms with Gasteiger partial charge in [0.2, 0.25) is 0 Å². The van der Waals surface area contributed by atoms with Crippen molar-refractivity contribution in [2.75, 3.05) is 0 Å². The molecule has 8 nitrogen and oxygen atoms in total. The zero-order valence-corrected chi connectivity index (χ0v) is 20.7. The number of nitrogens with zero attached hydrogens (tertiary/aromatic N) is 3. The second-order valence-corrected chi connectivity index (χ2v) is 9.96. The van der Waals surface area contributed by atoms with Gasteiger partial charge in [0.25, 0.3) is 0 Å². The number of hydrogen-bond acceptors (Lipinski definition) is 5. The molecule has 2 atom stereocenters. The SMILES string of the molecule is Cc1cccc([C@H]2C3=CCn4c(=O)n(-c5ccccc5)c(=O)n4[C@@H]3CC3=C2C(=O)C=C(Br)C3=O)c1O. The number of hydrogen-bond donors (Lipinski definition) is 1. The number of carbonyl (C=O) groups is 2. The van der Waals surface area contributed by atoms with Crippen molar-refractivity contribution in [2.45, 2.75) is 31.8 Å². The number of allylic oxidation sites excluding steroid dienone is 6. The van der Waals surface area contributed by atoms with E-state index in [0.717, 1.165) is 4.57 Å². The smallest absolute Gasteiger partial charge is 0.352 e. The maximum atomic E-state index is 13.7. The number of aromatic hydroxyl groups is 1. The van der Waals surface area contributed by atoms with Gasteiger partial charge in [-0.3, -0.25) is 9.59 Å². The number of phenolic OH excluding ortho intramolecular Hbond substituents is 1. The predicted octanol–water partition coefficient (Wildman–Crippen LogP) is 3.21. The number of para-hydroxylation sites is 2. The summed E-state index contributed by atoms with van der Waals surface area (Å²) < 4.78 is 4.01. The molecule has 36 heavy (non-hydrogen) atoms. The van der Waals surface area contributed by atoms with Crippen molar-refractivity contribution in [3.05, 3.63) is 114 Å². The first-order valence-corrected chi connectivity index (χ1v) is 12.3. The molecule has 0 spiro atoms. The van der Waals surface area contributed by atoms with E-state index in [4.69, 9.17) is 0 Å². The van der Waals surface area contributed by atoms with Gasteiger partial charge in [0.1, 0.15) is 5.75 Å². The molecule has 3 aliphatic rings. The van der Waals surface area contributed by atoms with Crippen LogP contribution >= 0.6 is 15.9 Å². The summed E-state index contributed by atoms with van der Waals surface area (Å²) in [6, 6.07) is 13.3. The highest BCUT2D eigenvalue weighted by Gasteiger charge is 2.45. The fourth-order valence-corrected chi connectivity index (χ4v) is 5.99. The highest BCUT2D eigenvalue weighted by atomic mass is 79.9. The molecule has 0 bridgehead atoms. The fourth-order valence-electron chi connectivity index (χ4n) is 5.55. The largest absolute Gasteiger partial charge is 0.507 e. The first-order valence-electron chi connectivity index (χ1n) is 11.5. The monoisotopic (exact) mass is 545 g/mol. The molecule has 9 heteroatoms. The third kappa shape index (κ3) is 3.05. The average molecular weight is 546 g/mol. The molecular weight excluding hydrogens is 526 g/mol. The summed E-state index contributed by atoms with van der Waals surface area (Å²) in [5.74, 6) is -1.36. The van der Waals surface area contributed by atoms with Crippen LogP contribution in [0.25, 0.3) is 5.69 Å². The summed E-state index contributed by atoms with van der Waals surface area (Å²) in [5, 5.41) is 11.0. The number of halogens is 1. The number of carbonyl (C=O) groups excluding carboxylic acids is 2. The molecule has 2 aromatic carbocycles. The van der Waals surface area contributed by atoms with E-state index < -0.39 is 23.3 Å². The molecular formula is C27H20BrN3O5. The lowest BCUT2D eigenvalue weighted by atomic mass is 9.68. The highest BCUT2D eigenvalue weighted by Crippen LogP contribution is 2.51. The van der Waals surface area contributed by atoms with Gasteiger partial charge >= 0.3 is 11.4 Å². The zero-order chi connectivity index (χ0) is 25.3. The van der Waals surface area contributed by atoms with Gasteiger partial charge < -0.3 is 5.11 Å². The first-order chi connectivity index (χ1) is 17.3. The van der Waals surface area contributed by atoms with Crippen molar-refractivity contribution in [1.29, 1.82) is 0 Å². The number of aryl methyl sites for hydroxylation is 1. The Morgan fingerprint density at radius 2 is 1.72 bits per heavy atom. The minimum atomic E-state index is -0.734. The third-order valence-corrected chi connectivity index (χ3v) is 7.78. The predicted molar refractivity (Wildman–Crippen MR) is 136 cm³/mol. The number of benzene rings is 2.